The first kappa shape index (κ1) is 48.0. The minimum atomic E-state index is 0. The van der Waals surface area contributed by atoms with Gasteiger partial charge in [-0.1, -0.05) is 0 Å². The van der Waals surface area contributed by atoms with Crippen LogP contribution >= 0.6 is 0 Å². The second-order valence-corrected chi connectivity index (χ2v) is 0. The van der Waals surface area contributed by atoms with Crippen LogP contribution in [-0.2, 0) is 33.6 Å². The second kappa shape index (κ2) is 23.9. The van der Waals surface area contributed by atoms with Gasteiger partial charge in [0.05, 0.1) is 0 Å². The van der Waals surface area contributed by atoms with E-state index in [1.807, 2.05) is 0 Å². The Morgan fingerprint density at radius 3 is 1.00 bits per heavy atom. The van der Waals surface area contributed by atoms with Gasteiger partial charge in [0.15, 0.2) is 17.4 Å². The van der Waals surface area contributed by atoms with Crippen LogP contribution in [0.5, 0.6) is 0 Å². The molecular formula is CH6AlMnNi-. The van der Waals surface area contributed by atoms with E-state index in [9.17, 15) is 0 Å². The van der Waals surface area contributed by atoms with Gasteiger partial charge in [-0.15, -0.1) is 0 Å². The van der Waals surface area contributed by atoms with Crippen LogP contribution < -0.4 is 0 Å². The van der Waals surface area contributed by atoms with E-state index in [1.165, 1.54) is 0 Å². The van der Waals surface area contributed by atoms with Gasteiger partial charge in [0, 0.05) is 33.6 Å². The average molecular weight is 159 g/mol. The summed E-state index contributed by atoms with van der Waals surface area (Å²) in [7, 11) is 0. The number of hydrogen-bond acceptors (Lipinski definition) is 0. The first-order chi connectivity index (χ1) is 0. The van der Waals surface area contributed by atoms with Gasteiger partial charge in [-0.05, 0) is 0 Å². The minimum absolute atomic E-state index is 0. The molecule has 4 heavy (non-hydrogen) atoms. The van der Waals surface area contributed by atoms with Crippen LogP contribution in [0, 0.1) is 7.43 Å². The molecule has 0 unspecified atom stereocenters. The molecule has 0 aliphatic carbocycles. The Balaban J connectivity index is 0. The minimum Gasteiger partial charge on any atom is -0.358 e. The molecular weight excluding hydrogens is 153 g/mol. The van der Waals surface area contributed by atoms with Gasteiger partial charge in [-0.25, -0.2) is 0 Å². The summed E-state index contributed by atoms with van der Waals surface area (Å²) in [6.07, 6.45) is 0. The van der Waals surface area contributed by atoms with Crippen LogP contribution in [0.1, 0.15) is 0 Å². The van der Waals surface area contributed by atoms with Gasteiger partial charge in [0.2, 0.25) is 0 Å². The maximum atomic E-state index is 0. The van der Waals surface area contributed by atoms with Gasteiger partial charge >= 0.3 is 0 Å². The summed E-state index contributed by atoms with van der Waals surface area (Å²) in [5.41, 5.74) is 0. The van der Waals surface area contributed by atoms with E-state index in [2.05, 4.69) is 0 Å². The second-order valence-electron chi connectivity index (χ2n) is 0. The molecule has 0 amide bonds. The SMILES string of the molecule is [AlH3].[CH3-].[Mn].[Ni]. The Bertz CT molecular complexity index is 8.00. The van der Waals surface area contributed by atoms with Crippen LogP contribution in [0.2, 0.25) is 0 Å². The predicted octanol–water partition coefficient (Wildman–Crippen LogP) is -0.739. The Kier molecular flexibility index (Phi) is 287. The quantitative estimate of drug-likeness (QED) is 0.322. The fraction of sp³-hybridized carbons (Fsp3) is 0. The molecule has 0 aliphatic rings. The summed E-state index contributed by atoms with van der Waals surface area (Å²) < 4.78 is 0. The van der Waals surface area contributed by atoms with E-state index in [0.29, 0.717) is 0 Å². The Labute approximate surface area is 58.3 Å². The van der Waals surface area contributed by atoms with Crippen LogP contribution in [0.3, 0.4) is 0 Å². The van der Waals surface area contributed by atoms with Crippen molar-refractivity contribution in [2.45, 2.75) is 0 Å². The molecule has 31 valence electrons. The van der Waals surface area contributed by atoms with E-state index in [0.717, 1.165) is 0 Å². The first-order valence-corrected chi connectivity index (χ1v) is 0. The van der Waals surface area contributed by atoms with Gasteiger partial charge in [0.25, 0.3) is 0 Å². The molecule has 0 bridgehead atoms. The predicted molar refractivity (Wildman–Crippen MR) is 16.4 cm³/mol. The third-order valence-corrected chi connectivity index (χ3v) is 0. The van der Waals surface area contributed by atoms with Crippen LogP contribution in [0.25, 0.3) is 0 Å². The third-order valence-electron chi connectivity index (χ3n) is 0. The first-order valence-electron chi connectivity index (χ1n) is 0. The van der Waals surface area contributed by atoms with Crippen molar-refractivity contribution in [1.29, 1.82) is 0 Å². The summed E-state index contributed by atoms with van der Waals surface area (Å²) >= 11 is 0. The standard InChI is InChI=1S/CH3.Al.Mn.Ni.3H/h1H3;;;;;;/q-1;;;;;;. The van der Waals surface area contributed by atoms with Crippen molar-refractivity contribution in [3.05, 3.63) is 7.43 Å². The summed E-state index contributed by atoms with van der Waals surface area (Å²) in [6, 6.07) is 0. The van der Waals surface area contributed by atoms with Crippen molar-refractivity contribution in [3.8, 4) is 0 Å². The molecule has 0 N–H and O–H groups in total. The summed E-state index contributed by atoms with van der Waals surface area (Å²) in [5.74, 6) is 0. The van der Waals surface area contributed by atoms with E-state index in [1.54, 1.807) is 0 Å². The summed E-state index contributed by atoms with van der Waals surface area (Å²) in [5, 5.41) is 0. The molecule has 0 aliphatic heterocycles. The van der Waals surface area contributed by atoms with Crippen molar-refractivity contribution in [2.75, 3.05) is 0 Å². The number of rotatable bonds is 0. The van der Waals surface area contributed by atoms with Crippen LogP contribution in [-0.4, -0.2) is 17.4 Å². The van der Waals surface area contributed by atoms with Gasteiger partial charge in [0.1, 0.15) is 0 Å². The molecule has 0 spiro atoms. The fourth-order valence-electron chi connectivity index (χ4n) is 0. The molecule has 0 aromatic heterocycles. The van der Waals surface area contributed by atoms with Gasteiger partial charge < -0.3 is 7.43 Å². The zero-order chi connectivity index (χ0) is 0. The Morgan fingerprint density at radius 1 is 1.00 bits per heavy atom. The average Bonchev–Trinajstić information content (AvgIpc) is 0. The zero-order valence-electron chi connectivity index (χ0n) is 1.69. The maximum absolute atomic E-state index is 0. The van der Waals surface area contributed by atoms with Crippen LogP contribution in [0.4, 0.5) is 0 Å². The number of hydrogen-bond donors (Lipinski definition) is 0. The molecule has 0 atom stereocenters. The largest absolute Gasteiger partial charge is 0.358 e. The van der Waals surface area contributed by atoms with Crippen molar-refractivity contribution in [1.82, 2.24) is 0 Å². The van der Waals surface area contributed by atoms with E-state index >= 15 is 0 Å². The monoisotopic (exact) mass is 158 g/mol. The van der Waals surface area contributed by atoms with Crippen molar-refractivity contribution in [2.24, 2.45) is 0 Å². The van der Waals surface area contributed by atoms with E-state index in [-0.39, 0.29) is 58.3 Å². The van der Waals surface area contributed by atoms with Gasteiger partial charge in [-0.2, -0.15) is 0 Å². The van der Waals surface area contributed by atoms with Crippen LogP contribution in [0.15, 0.2) is 0 Å². The molecule has 0 saturated heterocycles. The van der Waals surface area contributed by atoms with Crippen molar-refractivity contribution >= 4 is 17.4 Å². The molecule has 0 saturated carbocycles. The zero-order valence-corrected chi connectivity index (χ0v) is 3.86. The maximum Gasteiger partial charge on any atom is 0.187 e. The normalized spacial score (nSPS) is 0. The molecule has 0 fully saturated rings. The molecule has 0 aromatic carbocycles. The smallest absolute Gasteiger partial charge is 0.187 e. The fourth-order valence-corrected chi connectivity index (χ4v) is 0. The molecule has 0 heterocycles. The summed E-state index contributed by atoms with van der Waals surface area (Å²) in [4.78, 5) is 0. The van der Waals surface area contributed by atoms with Crippen molar-refractivity contribution < 1.29 is 33.6 Å². The Morgan fingerprint density at radius 2 is 1.00 bits per heavy atom. The molecule has 3 heteroatoms. The molecule has 0 aromatic rings. The molecule has 0 rings (SSSR count). The third kappa shape index (κ3) is 9.62. The van der Waals surface area contributed by atoms with E-state index in [4.69, 9.17) is 0 Å². The van der Waals surface area contributed by atoms with Crippen molar-refractivity contribution in [3.63, 3.8) is 0 Å². The Hall–Kier alpha value is 1.55. The summed E-state index contributed by atoms with van der Waals surface area (Å²) in [6.45, 7) is 0. The van der Waals surface area contributed by atoms with E-state index < -0.39 is 0 Å². The molecule has 0 nitrogen and oxygen atoms in total. The molecule has 1 radical (unpaired) electrons. The topological polar surface area (TPSA) is 0 Å². The van der Waals surface area contributed by atoms with Gasteiger partial charge in [-0.3, -0.25) is 0 Å².